The fraction of sp³-hybridized carbons (Fsp3) is 0.167. The molecule has 0 saturated heterocycles. The van der Waals surface area contributed by atoms with Crippen molar-refractivity contribution in [3.8, 4) is 0 Å². The number of anilines is 1. The Labute approximate surface area is 96.6 Å². The van der Waals surface area contributed by atoms with Gasteiger partial charge in [-0.15, -0.1) is 13.2 Å². The standard InChI is InChI=1S/C12H15NO2S/c1-3-7-11-8-5-6-9-12(11)13-16(14,15)10-4-2/h3-6,8-9,13H,1-2,7,10H2. The lowest BCUT2D eigenvalue weighted by Gasteiger charge is -2.10. The molecule has 0 fully saturated rings. The molecule has 0 aliphatic rings. The third kappa shape index (κ3) is 3.55. The lowest BCUT2D eigenvalue weighted by Crippen LogP contribution is -2.16. The van der Waals surface area contributed by atoms with Crippen molar-refractivity contribution in [1.29, 1.82) is 0 Å². The fourth-order valence-corrected chi connectivity index (χ4v) is 2.25. The quantitative estimate of drug-likeness (QED) is 0.772. The summed E-state index contributed by atoms with van der Waals surface area (Å²) in [6.07, 6.45) is 3.73. The van der Waals surface area contributed by atoms with E-state index in [1.165, 1.54) is 6.08 Å². The Morgan fingerprint density at radius 1 is 1.19 bits per heavy atom. The van der Waals surface area contributed by atoms with Crippen LogP contribution in [0, 0.1) is 0 Å². The number of nitrogens with one attached hydrogen (secondary N) is 1. The summed E-state index contributed by atoms with van der Waals surface area (Å²) in [6, 6.07) is 7.26. The summed E-state index contributed by atoms with van der Waals surface area (Å²) < 4.78 is 25.6. The summed E-state index contributed by atoms with van der Waals surface area (Å²) in [4.78, 5) is 0. The molecule has 1 aromatic rings. The van der Waals surface area contributed by atoms with E-state index < -0.39 is 10.0 Å². The predicted octanol–water partition coefficient (Wildman–Crippen LogP) is 2.34. The van der Waals surface area contributed by atoms with Gasteiger partial charge in [0.1, 0.15) is 0 Å². The number of benzene rings is 1. The molecule has 0 aliphatic carbocycles. The second-order valence-corrected chi connectivity index (χ2v) is 5.09. The Bertz CT molecular complexity index is 478. The highest BCUT2D eigenvalue weighted by Crippen LogP contribution is 2.17. The Morgan fingerprint density at radius 3 is 2.50 bits per heavy atom. The molecule has 0 amide bonds. The zero-order valence-corrected chi connectivity index (χ0v) is 9.83. The first kappa shape index (κ1) is 12.5. The molecule has 0 spiro atoms. The lowest BCUT2D eigenvalue weighted by atomic mass is 10.1. The van der Waals surface area contributed by atoms with Crippen LogP contribution in [0.4, 0.5) is 5.69 Å². The van der Waals surface area contributed by atoms with Crippen LogP contribution in [0.2, 0.25) is 0 Å². The Kier molecular flexibility index (Phi) is 4.31. The lowest BCUT2D eigenvalue weighted by molar-refractivity contribution is 0.604. The molecule has 1 aromatic carbocycles. The van der Waals surface area contributed by atoms with Crippen LogP contribution in [0.25, 0.3) is 0 Å². The van der Waals surface area contributed by atoms with Crippen molar-refractivity contribution in [1.82, 2.24) is 0 Å². The molecule has 0 unspecified atom stereocenters. The Hall–Kier alpha value is -1.55. The molecule has 1 rings (SSSR count). The highest BCUT2D eigenvalue weighted by Gasteiger charge is 2.09. The second kappa shape index (κ2) is 5.51. The molecule has 16 heavy (non-hydrogen) atoms. The highest BCUT2D eigenvalue weighted by molar-refractivity contribution is 7.92. The van der Waals surface area contributed by atoms with Gasteiger partial charge in [0.2, 0.25) is 10.0 Å². The van der Waals surface area contributed by atoms with E-state index in [2.05, 4.69) is 17.9 Å². The van der Waals surface area contributed by atoms with Crippen molar-refractivity contribution in [2.75, 3.05) is 10.5 Å². The molecule has 0 saturated carbocycles. The average molecular weight is 237 g/mol. The van der Waals surface area contributed by atoms with Crippen LogP contribution in [0.5, 0.6) is 0 Å². The number of para-hydroxylation sites is 1. The average Bonchev–Trinajstić information content (AvgIpc) is 2.20. The van der Waals surface area contributed by atoms with E-state index in [-0.39, 0.29) is 5.75 Å². The first-order valence-electron chi connectivity index (χ1n) is 4.89. The maximum absolute atomic E-state index is 11.5. The van der Waals surface area contributed by atoms with Crippen molar-refractivity contribution in [3.05, 3.63) is 55.1 Å². The van der Waals surface area contributed by atoms with Crippen LogP contribution in [-0.2, 0) is 16.4 Å². The van der Waals surface area contributed by atoms with Crippen molar-refractivity contribution < 1.29 is 8.42 Å². The zero-order chi connectivity index (χ0) is 12.0. The fourth-order valence-electron chi connectivity index (χ4n) is 1.32. The van der Waals surface area contributed by atoms with Gasteiger partial charge in [0.05, 0.1) is 11.4 Å². The normalized spacial score (nSPS) is 10.8. The topological polar surface area (TPSA) is 46.2 Å². The van der Waals surface area contributed by atoms with Crippen molar-refractivity contribution >= 4 is 15.7 Å². The predicted molar refractivity (Wildman–Crippen MR) is 67.9 cm³/mol. The van der Waals surface area contributed by atoms with Crippen LogP contribution >= 0.6 is 0 Å². The third-order valence-corrected chi connectivity index (χ3v) is 3.19. The van der Waals surface area contributed by atoms with Crippen molar-refractivity contribution in [2.45, 2.75) is 6.42 Å². The number of hydrogen-bond donors (Lipinski definition) is 1. The minimum absolute atomic E-state index is 0.0879. The first-order valence-corrected chi connectivity index (χ1v) is 6.54. The van der Waals surface area contributed by atoms with Crippen LogP contribution in [-0.4, -0.2) is 14.2 Å². The summed E-state index contributed by atoms with van der Waals surface area (Å²) in [5, 5.41) is 0. The molecular weight excluding hydrogens is 222 g/mol. The summed E-state index contributed by atoms with van der Waals surface area (Å²) in [7, 11) is -3.33. The number of rotatable bonds is 6. The molecule has 0 bridgehead atoms. The summed E-state index contributed by atoms with van der Waals surface area (Å²) in [6.45, 7) is 7.05. The molecule has 0 aliphatic heterocycles. The third-order valence-electron chi connectivity index (χ3n) is 1.98. The van der Waals surface area contributed by atoms with Crippen molar-refractivity contribution in [2.24, 2.45) is 0 Å². The van der Waals surface area contributed by atoms with Crippen LogP contribution in [0.15, 0.2) is 49.6 Å². The maximum atomic E-state index is 11.5. The van der Waals surface area contributed by atoms with Gasteiger partial charge in [-0.25, -0.2) is 8.42 Å². The van der Waals surface area contributed by atoms with E-state index in [0.29, 0.717) is 12.1 Å². The van der Waals surface area contributed by atoms with Crippen LogP contribution < -0.4 is 4.72 Å². The number of hydrogen-bond acceptors (Lipinski definition) is 2. The van der Waals surface area contributed by atoms with Gasteiger partial charge in [0.25, 0.3) is 0 Å². The van der Waals surface area contributed by atoms with Gasteiger partial charge in [0, 0.05) is 0 Å². The van der Waals surface area contributed by atoms with Crippen molar-refractivity contribution in [3.63, 3.8) is 0 Å². The minimum Gasteiger partial charge on any atom is -0.283 e. The van der Waals surface area contributed by atoms with E-state index in [1.807, 2.05) is 12.1 Å². The zero-order valence-electron chi connectivity index (χ0n) is 9.02. The monoisotopic (exact) mass is 237 g/mol. The number of allylic oxidation sites excluding steroid dienone is 1. The molecule has 0 radical (unpaired) electrons. The largest absolute Gasteiger partial charge is 0.283 e. The SMILES string of the molecule is C=CCc1ccccc1NS(=O)(=O)CC=C. The minimum atomic E-state index is -3.33. The van der Waals surface area contributed by atoms with Gasteiger partial charge in [-0.3, -0.25) is 4.72 Å². The molecule has 86 valence electrons. The van der Waals surface area contributed by atoms with Gasteiger partial charge >= 0.3 is 0 Å². The molecular formula is C12H15NO2S. The van der Waals surface area contributed by atoms with Crippen LogP contribution in [0.3, 0.4) is 0 Å². The molecule has 4 heteroatoms. The van der Waals surface area contributed by atoms with E-state index in [1.54, 1.807) is 18.2 Å². The maximum Gasteiger partial charge on any atom is 0.236 e. The second-order valence-electron chi connectivity index (χ2n) is 3.32. The van der Waals surface area contributed by atoms with E-state index in [0.717, 1.165) is 5.56 Å². The van der Waals surface area contributed by atoms with Gasteiger partial charge in [-0.05, 0) is 18.1 Å². The highest BCUT2D eigenvalue weighted by atomic mass is 32.2. The summed E-state index contributed by atoms with van der Waals surface area (Å²) in [5.74, 6) is -0.0879. The molecule has 0 atom stereocenters. The Morgan fingerprint density at radius 2 is 1.88 bits per heavy atom. The van der Waals surface area contributed by atoms with Crippen LogP contribution in [0.1, 0.15) is 5.56 Å². The van der Waals surface area contributed by atoms with Gasteiger partial charge in [-0.2, -0.15) is 0 Å². The smallest absolute Gasteiger partial charge is 0.236 e. The number of sulfonamides is 1. The molecule has 0 aromatic heterocycles. The van der Waals surface area contributed by atoms with E-state index in [9.17, 15) is 8.42 Å². The molecule has 1 N–H and O–H groups in total. The van der Waals surface area contributed by atoms with Gasteiger partial charge < -0.3 is 0 Å². The summed E-state index contributed by atoms with van der Waals surface area (Å²) >= 11 is 0. The molecule has 3 nitrogen and oxygen atoms in total. The van der Waals surface area contributed by atoms with E-state index >= 15 is 0 Å². The summed E-state index contributed by atoms with van der Waals surface area (Å²) in [5.41, 5.74) is 1.51. The first-order chi connectivity index (χ1) is 7.59. The Balaban J connectivity index is 2.96. The van der Waals surface area contributed by atoms with Gasteiger partial charge in [-0.1, -0.05) is 30.4 Å². The van der Waals surface area contributed by atoms with E-state index in [4.69, 9.17) is 0 Å². The van der Waals surface area contributed by atoms with Gasteiger partial charge in [0.15, 0.2) is 0 Å². The molecule has 0 heterocycles.